The first-order valence-electron chi connectivity index (χ1n) is 4.43. The van der Waals surface area contributed by atoms with Crippen molar-refractivity contribution in [3.05, 3.63) is 0 Å². The number of halogens is 3. The zero-order valence-electron chi connectivity index (χ0n) is 7.90. The van der Waals surface area contributed by atoms with Crippen molar-refractivity contribution in [1.29, 1.82) is 0 Å². The average Bonchev–Trinajstić information content (AvgIpc) is 2.03. The number of aliphatic hydroxyl groups is 1. The minimum absolute atomic E-state index is 0.0662. The Morgan fingerprint density at radius 1 is 1.50 bits per heavy atom. The van der Waals surface area contributed by atoms with E-state index >= 15 is 0 Å². The molecule has 14 heavy (non-hydrogen) atoms. The Morgan fingerprint density at radius 3 is 2.50 bits per heavy atom. The van der Waals surface area contributed by atoms with Crippen molar-refractivity contribution in [3.63, 3.8) is 0 Å². The zero-order chi connectivity index (χ0) is 11.2. The third-order valence-electron chi connectivity index (χ3n) is 1.68. The summed E-state index contributed by atoms with van der Waals surface area (Å²) in [7, 11) is 0. The first-order chi connectivity index (χ1) is 6.40. The van der Waals surface area contributed by atoms with Crippen molar-refractivity contribution < 1.29 is 23.1 Å². The van der Waals surface area contributed by atoms with E-state index in [1.165, 1.54) is 5.32 Å². The lowest BCUT2D eigenvalue weighted by Crippen LogP contribution is -2.48. The van der Waals surface area contributed by atoms with Gasteiger partial charge in [0, 0.05) is 0 Å². The molecule has 0 aromatic heterocycles. The van der Waals surface area contributed by atoms with Crippen molar-refractivity contribution in [2.45, 2.75) is 44.9 Å². The lowest BCUT2D eigenvalue weighted by atomic mass is 10.2. The maximum Gasteiger partial charge on any atom is 0.394 e. The summed E-state index contributed by atoms with van der Waals surface area (Å²) >= 11 is 0. The first-order valence-corrected chi connectivity index (χ1v) is 4.43. The van der Waals surface area contributed by atoms with Gasteiger partial charge in [-0.2, -0.15) is 13.2 Å². The van der Waals surface area contributed by atoms with Gasteiger partial charge in [-0.25, -0.2) is 5.32 Å². The van der Waals surface area contributed by atoms with Crippen LogP contribution in [0.1, 0.15) is 32.6 Å². The molecule has 0 aliphatic rings. The third-order valence-corrected chi connectivity index (χ3v) is 1.68. The minimum atomic E-state index is -4.29. The molecule has 0 aliphatic heterocycles. The van der Waals surface area contributed by atoms with E-state index in [4.69, 9.17) is 5.11 Å². The Labute approximate surface area is 80.3 Å². The van der Waals surface area contributed by atoms with Crippen molar-refractivity contribution in [2.24, 2.45) is 0 Å². The summed E-state index contributed by atoms with van der Waals surface area (Å²) < 4.78 is 36.3. The lowest BCUT2D eigenvalue weighted by molar-refractivity contribution is -0.167. The van der Waals surface area contributed by atoms with Gasteiger partial charge in [-0.1, -0.05) is 19.8 Å². The molecular formula is C8H14F3NO2. The van der Waals surface area contributed by atoms with Crippen LogP contribution in [0.25, 0.3) is 0 Å². The van der Waals surface area contributed by atoms with Crippen LogP contribution in [-0.4, -0.2) is 23.4 Å². The number of carbonyl (C=O) groups excluding carboxylic acids is 1. The fourth-order valence-electron chi connectivity index (χ4n) is 0.926. The second-order valence-electron chi connectivity index (χ2n) is 3.00. The summed E-state index contributed by atoms with van der Waals surface area (Å²) in [6.07, 6.45) is 0.716. The minimum Gasteiger partial charge on any atom is -0.378 e. The van der Waals surface area contributed by atoms with Crippen LogP contribution in [-0.2, 0) is 4.79 Å². The van der Waals surface area contributed by atoms with Crippen LogP contribution in [0.4, 0.5) is 13.2 Å². The topological polar surface area (TPSA) is 49.3 Å². The van der Waals surface area contributed by atoms with Crippen molar-refractivity contribution in [1.82, 2.24) is 5.32 Å². The van der Waals surface area contributed by atoms with Gasteiger partial charge in [0.05, 0.1) is 0 Å². The van der Waals surface area contributed by atoms with Crippen LogP contribution in [0.3, 0.4) is 0 Å². The van der Waals surface area contributed by atoms with E-state index < -0.39 is 18.3 Å². The van der Waals surface area contributed by atoms with Crippen molar-refractivity contribution in [3.8, 4) is 0 Å². The molecular weight excluding hydrogens is 199 g/mol. The highest BCUT2D eigenvalue weighted by Gasteiger charge is 2.40. The van der Waals surface area contributed by atoms with E-state index in [1.807, 2.05) is 6.92 Å². The Kier molecular flexibility index (Phi) is 5.71. The van der Waals surface area contributed by atoms with E-state index in [2.05, 4.69) is 0 Å². The molecule has 6 heteroatoms. The van der Waals surface area contributed by atoms with Crippen LogP contribution in [0.5, 0.6) is 0 Å². The van der Waals surface area contributed by atoms with Gasteiger partial charge < -0.3 is 5.11 Å². The highest BCUT2D eigenvalue weighted by atomic mass is 19.3. The van der Waals surface area contributed by atoms with Crippen LogP contribution in [0.2, 0.25) is 0 Å². The predicted molar refractivity (Wildman–Crippen MR) is 44.3 cm³/mol. The van der Waals surface area contributed by atoms with Gasteiger partial charge in [0.15, 0.2) is 0 Å². The average molecular weight is 213 g/mol. The van der Waals surface area contributed by atoms with Gasteiger partial charge in [-0.05, 0) is 12.8 Å². The fraction of sp³-hybridized carbons (Fsp3) is 0.875. The molecule has 0 radical (unpaired) electrons. The predicted octanol–water partition coefficient (Wildman–Crippen LogP) is 1.56. The van der Waals surface area contributed by atoms with Gasteiger partial charge in [0.25, 0.3) is 0 Å². The summed E-state index contributed by atoms with van der Waals surface area (Å²) in [4.78, 5) is 9.74. The molecule has 0 bridgehead atoms. The summed E-state index contributed by atoms with van der Waals surface area (Å²) in [6.45, 7) is 1.92. The SMILES string of the molecule is CCCCC[C@@H](O)NC(F)(F)C(=O)F. The molecule has 0 amide bonds. The Hall–Kier alpha value is -0.620. The van der Waals surface area contributed by atoms with E-state index in [-0.39, 0.29) is 6.42 Å². The quantitative estimate of drug-likeness (QED) is 0.292. The number of hydrogen-bond donors (Lipinski definition) is 2. The number of nitrogens with one attached hydrogen (secondary N) is 1. The van der Waals surface area contributed by atoms with E-state index in [0.717, 1.165) is 12.8 Å². The zero-order valence-corrected chi connectivity index (χ0v) is 7.90. The van der Waals surface area contributed by atoms with Gasteiger partial charge in [-0.15, -0.1) is 0 Å². The summed E-state index contributed by atoms with van der Waals surface area (Å²) in [5.74, 6) is 0. The Bertz CT molecular complexity index is 187. The molecule has 0 rings (SSSR count). The smallest absolute Gasteiger partial charge is 0.378 e. The fourth-order valence-corrected chi connectivity index (χ4v) is 0.926. The number of unbranched alkanes of at least 4 members (excludes halogenated alkanes) is 2. The number of alkyl halides is 2. The summed E-state index contributed by atoms with van der Waals surface area (Å²) in [6, 6.07) is -7.07. The maximum absolute atomic E-state index is 12.3. The number of aliphatic hydroxyl groups excluding tert-OH is 1. The third kappa shape index (κ3) is 5.18. The maximum atomic E-state index is 12.3. The molecule has 0 aliphatic carbocycles. The van der Waals surface area contributed by atoms with E-state index in [0.29, 0.717) is 6.42 Å². The first kappa shape index (κ1) is 13.4. The van der Waals surface area contributed by atoms with Gasteiger partial charge in [-0.3, -0.25) is 4.79 Å². The molecule has 0 heterocycles. The van der Waals surface area contributed by atoms with E-state index in [9.17, 15) is 18.0 Å². The Morgan fingerprint density at radius 2 is 2.07 bits per heavy atom. The molecule has 0 spiro atoms. The van der Waals surface area contributed by atoms with Crippen molar-refractivity contribution in [2.75, 3.05) is 0 Å². The molecule has 0 aromatic carbocycles. The van der Waals surface area contributed by atoms with Crippen molar-refractivity contribution >= 4 is 6.04 Å². The molecule has 0 saturated heterocycles. The number of carbonyl (C=O) groups is 1. The second kappa shape index (κ2) is 5.98. The highest BCUT2D eigenvalue weighted by Crippen LogP contribution is 2.13. The van der Waals surface area contributed by atoms with Crippen LogP contribution >= 0.6 is 0 Å². The largest absolute Gasteiger partial charge is 0.394 e. The Balaban J connectivity index is 3.81. The molecule has 0 aromatic rings. The highest BCUT2D eigenvalue weighted by molar-refractivity contribution is 5.75. The van der Waals surface area contributed by atoms with Gasteiger partial charge in [0.2, 0.25) is 0 Å². The van der Waals surface area contributed by atoms with Crippen LogP contribution < -0.4 is 5.32 Å². The molecule has 0 unspecified atom stereocenters. The number of hydrogen-bond acceptors (Lipinski definition) is 3. The summed E-state index contributed by atoms with van der Waals surface area (Å²) in [5, 5.41) is 10.2. The normalized spacial score (nSPS) is 14.1. The molecule has 1 atom stereocenters. The van der Waals surface area contributed by atoms with Gasteiger partial charge in [0.1, 0.15) is 6.23 Å². The molecule has 0 fully saturated rings. The molecule has 84 valence electrons. The standard InChI is InChI=1S/C8H14F3NO2/c1-2-3-4-5-6(13)12-8(10,11)7(9)14/h6,12-13H,2-5H2,1H3/t6-/m1/s1. The molecule has 3 nitrogen and oxygen atoms in total. The second-order valence-corrected chi connectivity index (χ2v) is 3.00. The van der Waals surface area contributed by atoms with Gasteiger partial charge >= 0.3 is 12.1 Å². The van der Waals surface area contributed by atoms with Crippen LogP contribution in [0, 0.1) is 0 Å². The van der Waals surface area contributed by atoms with Crippen LogP contribution in [0.15, 0.2) is 0 Å². The molecule has 2 N–H and O–H groups in total. The molecule has 0 saturated carbocycles. The monoisotopic (exact) mass is 213 g/mol. The number of rotatable bonds is 7. The van der Waals surface area contributed by atoms with E-state index in [1.54, 1.807) is 0 Å². The summed E-state index contributed by atoms with van der Waals surface area (Å²) in [5.41, 5.74) is 0. The lowest BCUT2D eigenvalue weighted by Gasteiger charge is -2.17.